The third-order valence-electron chi connectivity index (χ3n) is 4.17. The fourth-order valence-corrected chi connectivity index (χ4v) is 4.03. The van der Waals surface area contributed by atoms with Gasteiger partial charge in [0, 0.05) is 5.39 Å². The number of halogens is 1. The highest BCUT2D eigenvalue weighted by Crippen LogP contribution is 2.31. The van der Waals surface area contributed by atoms with Crippen LogP contribution in [-0.4, -0.2) is 15.7 Å². The molecule has 0 atom stereocenters. The number of hydrogen-bond acceptors (Lipinski definition) is 3. The second-order valence-electron chi connectivity index (χ2n) is 6.10. The number of fused-ring (bicyclic) bond motifs is 1. The van der Waals surface area contributed by atoms with Crippen LogP contribution in [0.3, 0.4) is 0 Å². The minimum Gasteiger partial charge on any atom is -0.320 e. The lowest BCUT2D eigenvalue weighted by atomic mass is 10.2. The molecule has 0 bridgehead atoms. The molecule has 0 radical (unpaired) electrons. The van der Waals surface area contributed by atoms with Gasteiger partial charge in [-0.2, -0.15) is 5.10 Å². The minimum atomic E-state index is -0.172. The monoisotopic (exact) mass is 381 g/mol. The smallest absolute Gasteiger partial charge is 0.265 e. The lowest BCUT2D eigenvalue weighted by Crippen LogP contribution is -2.10. The average Bonchev–Trinajstić information content (AvgIpc) is 3.19. The first kappa shape index (κ1) is 16.8. The Bertz CT molecular complexity index is 1110. The second-order valence-corrected chi connectivity index (χ2v) is 7.53. The molecule has 4 nitrogen and oxygen atoms in total. The van der Waals surface area contributed by atoms with Crippen LogP contribution >= 0.6 is 22.9 Å². The number of carbonyl (C=O) groups excluding carboxylic acids is 1. The summed E-state index contributed by atoms with van der Waals surface area (Å²) >= 11 is 7.55. The molecule has 0 aliphatic heterocycles. The third kappa shape index (κ3) is 3.00. The Morgan fingerprint density at radius 3 is 2.58 bits per heavy atom. The molecule has 0 unspecified atom stereocenters. The van der Waals surface area contributed by atoms with Crippen molar-refractivity contribution in [2.24, 2.45) is 0 Å². The Hall–Kier alpha value is -2.63. The number of aromatic nitrogens is 2. The first-order chi connectivity index (χ1) is 12.5. The summed E-state index contributed by atoms with van der Waals surface area (Å²) in [6.07, 6.45) is 0. The van der Waals surface area contributed by atoms with Crippen molar-refractivity contribution < 1.29 is 4.79 Å². The molecule has 2 heterocycles. The maximum absolute atomic E-state index is 12.6. The Labute approximate surface area is 160 Å². The standard InChI is InChI=1S/C20H16ClN3OS/c1-12-7-9-14(10-8-12)24-20-15(13(2)23-24)11-18(26-20)19(25)22-17-6-4-3-5-16(17)21/h3-11H,1-2H3,(H,22,25). The van der Waals surface area contributed by atoms with Crippen LogP contribution in [-0.2, 0) is 0 Å². The van der Waals surface area contributed by atoms with Crippen LogP contribution in [0, 0.1) is 13.8 Å². The van der Waals surface area contributed by atoms with Gasteiger partial charge in [-0.25, -0.2) is 4.68 Å². The Balaban J connectivity index is 1.72. The van der Waals surface area contributed by atoms with Gasteiger partial charge < -0.3 is 5.32 Å². The largest absolute Gasteiger partial charge is 0.320 e. The van der Waals surface area contributed by atoms with Crippen molar-refractivity contribution in [1.29, 1.82) is 0 Å². The molecule has 2 aromatic carbocycles. The van der Waals surface area contributed by atoms with E-state index in [4.69, 9.17) is 11.6 Å². The van der Waals surface area contributed by atoms with Gasteiger partial charge in [0.25, 0.3) is 5.91 Å². The number of thiophene rings is 1. The number of anilines is 1. The molecule has 0 spiro atoms. The van der Waals surface area contributed by atoms with Gasteiger partial charge in [-0.1, -0.05) is 41.4 Å². The quantitative estimate of drug-likeness (QED) is 0.501. The van der Waals surface area contributed by atoms with Crippen molar-refractivity contribution in [3.63, 3.8) is 0 Å². The summed E-state index contributed by atoms with van der Waals surface area (Å²) in [4.78, 5) is 14.2. The van der Waals surface area contributed by atoms with E-state index in [1.807, 2.05) is 41.9 Å². The van der Waals surface area contributed by atoms with Crippen LogP contribution in [0.5, 0.6) is 0 Å². The Morgan fingerprint density at radius 1 is 1.12 bits per heavy atom. The van der Waals surface area contributed by atoms with Gasteiger partial charge in [-0.3, -0.25) is 4.79 Å². The number of hydrogen-bond donors (Lipinski definition) is 1. The summed E-state index contributed by atoms with van der Waals surface area (Å²) in [5.41, 5.74) is 3.68. The Morgan fingerprint density at radius 2 is 1.85 bits per heavy atom. The molecule has 4 aromatic rings. The molecule has 1 amide bonds. The van der Waals surface area contributed by atoms with Gasteiger partial charge in [0.05, 0.1) is 27.0 Å². The van der Waals surface area contributed by atoms with Crippen LogP contribution in [0.4, 0.5) is 5.69 Å². The minimum absolute atomic E-state index is 0.172. The number of para-hydroxylation sites is 1. The highest BCUT2D eigenvalue weighted by Gasteiger charge is 2.17. The van der Waals surface area contributed by atoms with Gasteiger partial charge in [0.2, 0.25) is 0 Å². The highest BCUT2D eigenvalue weighted by molar-refractivity contribution is 7.20. The number of amides is 1. The predicted molar refractivity (Wildman–Crippen MR) is 108 cm³/mol. The number of rotatable bonds is 3. The normalized spacial score (nSPS) is 11.0. The van der Waals surface area contributed by atoms with Crippen LogP contribution in [0.25, 0.3) is 15.9 Å². The average molecular weight is 382 g/mol. The van der Waals surface area contributed by atoms with E-state index in [-0.39, 0.29) is 5.91 Å². The van der Waals surface area contributed by atoms with Crippen molar-refractivity contribution in [2.45, 2.75) is 13.8 Å². The van der Waals surface area contributed by atoms with Crippen molar-refractivity contribution in [1.82, 2.24) is 9.78 Å². The van der Waals surface area contributed by atoms with Gasteiger partial charge in [0.1, 0.15) is 4.83 Å². The summed E-state index contributed by atoms with van der Waals surface area (Å²) < 4.78 is 1.89. The third-order valence-corrected chi connectivity index (χ3v) is 5.61. The van der Waals surface area contributed by atoms with E-state index in [2.05, 4.69) is 29.5 Å². The van der Waals surface area contributed by atoms with Crippen molar-refractivity contribution in [2.75, 3.05) is 5.32 Å². The zero-order valence-corrected chi connectivity index (χ0v) is 15.9. The molecule has 2 aromatic heterocycles. The molecule has 4 rings (SSSR count). The van der Waals surface area contributed by atoms with Crippen molar-refractivity contribution >= 4 is 44.7 Å². The molecule has 1 N–H and O–H groups in total. The van der Waals surface area contributed by atoms with Crippen LogP contribution in [0.15, 0.2) is 54.6 Å². The van der Waals surface area contributed by atoms with E-state index >= 15 is 0 Å². The van der Waals surface area contributed by atoms with Gasteiger partial charge in [-0.15, -0.1) is 11.3 Å². The number of carbonyl (C=O) groups is 1. The number of aryl methyl sites for hydroxylation is 2. The summed E-state index contributed by atoms with van der Waals surface area (Å²) in [7, 11) is 0. The summed E-state index contributed by atoms with van der Waals surface area (Å²) in [5.74, 6) is -0.172. The van der Waals surface area contributed by atoms with E-state index in [1.165, 1.54) is 16.9 Å². The molecule has 26 heavy (non-hydrogen) atoms. The van der Waals surface area contributed by atoms with Crippen molar-refractivity contribution in [3.8, 4) is 5.69 Å². The summed E-state index contributed by atoms with van der Waals surface area (Å²) in [5, 5.41) is 9.00. The lowest BCUT2D eigenvalue weighted by molar-refractivity contribution is 0.103. The SMILES string of the molecule is Cc1ccc(-n2nc(C)c3cc(C(=O)Nc4ccccc4Cl)sc32)cc1. The zero-order valence-electron chi connectivity index (χ0n) is 14.3. The van der Waals surface area contributed by atoms with Gasteiger partial charge in [0.15, 0.2) is 0 Å². The fraction of sp³-hybridized carbons (Fsp3) is 0.100. The zero-order chi connectivity index (χ0) is 18.3. The molecule has 130 valence electrons. The number of nitrogens with zero attached hydrogens (tertiary/aromatic N) is 2. The van der Waals surface area contributed by atoms with E-state index < -0.39 is 0 Å². The van der Waals surface area contributed by atoms with E-state index in [0.29, 0.717) is 15.6 Å². The summed E-state index contributed by atoms with van der Waals surface area (Å²) in [6.45, 7) is 4.01. The molecule has 0 fully saturated rings. The predicted octanol–water partition coefficient (Wildman–Crippen LogP) is 5.61. The van der Waals surface area contributed by atoms with Crippen LogP contribution < -0.4 is 5.32 Å². The van der Waals surface area contributed by atoms with Gasteiger partial charge >= 0.3 is 0 Å². The molecule has 0 saturated heterocycles. The first-order valence-electron chi connectivity index (χ1n) is 8.15. The highest BCUT2D eigenvalue weighted by atomic mass is 35.5. The first-order valence-corrected chi connectivity index (χ1v) is 9.34. The van der Waals surface area contributed by atoms with Crippen molar-refractivity contribution in [3.05, 3.63) is 75.8 Å². The number of nitrogens with one attached hydrogen (secondary N) is 1. The molecule has 0 saturated carbocycles. The topological polar surface area (TPSA) is 46.9 Å². The Kier molecular flexibility index (Phi) is 4.26. The molecule has 0 aliphatic carbocycles. The maximum Gasteiger partial charge on any atom is 0.265 e. The lowest BCUT2D eigenvalue weighted by Gasteiger charge is -2.05. The van der Waals surface area contributed by atoms with E-state index in [9.17, 15) is 4.79 Å². The van der Waals surface area contributed by atoms with Crippen LogP contribution in [0.2, 0.25) is 5.02 Å². The number of benzene rings is 2. The van der Waals surface area contributed by atoms with Crippen LogP contribution in [0.1, 0.15) is 20.9 Å². The second kappa shape index (κ2) is 6.59. The van der Waals surface area contributed by atoms with E-state index in [0.717, 1.165) is 21.6 Å². The molecular formula is C20H16ClN3OS. The molecule has 6 heteroatoms. The molecular weight excluding hydrogens is 366 g/mol. The van der Waals surface area contributed by atoms with Gasteiger partial charge in [-0.05, 0) is 44.2 Å². The fourth-order valence-electron chi connectivity index (χ4n) is 2.77. The van der Waals surface area contributed by atoms with E-state index in [1.54, 1.807) is 12.1 Å². The molecule has 0 aliphatic rings. The maximum atomic E-state index is 12.6. The summed E-state index contributed by atoms with van der Waals surface area (Å²) in [6, 6.07) is 17.3.